The predicted molar refractivity (Wildman–Crippen MR) is 65.6 cm³/mol. The van der Waals surface area contributed by atoms with Crippen molar-refractivity contribution in [3.8, 4) is 0 Å². The number of thiazole rings is 1. The lowest BCUT2D eigenvalue weighted by molar-refractivity contribution is 0.457. The quantitative estimate of drug-likeness (QED) is 0.885. The summed E-state index contributed by atoms with van der Waals surface area (Å²) in [6, 6.07) is 2.25. The van der Waals surface area contributed by atoms with Crippen molar-refractivity contribution >= 4 is 11.3 Å². The van der Waals surface area contributed by atoms with Crippen molar-refractivity contribution in [2.75, 3.05) is 0 Å². The van der Waals surface area contributed by atoms with Gasteiger partial charge in [-0.2, -0.15) is 0 Å². The molecule has 0 aromatic carbocycles. The number of nitrogens with zero attached hydrogens (tertiary/aromatic N) is 1. The van der Waals surface area contributed by atoms with Gasteiger partial charge in [0, 0.05) is 11.1 Å². The van der Waals surface area contributed by atoms with Gasteiger partial charge in [-0.1, -0.05) is 0 Å². The van der Waals surface area contributed by atoms with Crippen molar-refractivity contribution in [2.24, 2.45) is 0 Å². The molecular formula is C12H16N2OS. The van der Waals surface area contributed by atoms with Gasteiger partial charge in [0.25, 0.3) is 0 Å². The van der Waals surface area contributed by atoms with Crippen LogP contribution in [0.25, 0.3) is 0 Å². The minimum Gasteiger partial charge on any atom is -0.468 e. The summed E-state index contributed by atoms with van der Waals surface area (Å²) in [6.07, 6.45) is 1.73. The summed E-state index contributed by atoms with van der Waals surface area (Å²) < 4.78 is 5.38. The second-order valence-corrected chi connectivity index (χ2v) is 4.85. The Balaban J connectivity index is 1.93. The van der Waals surface area contributed by atoms with E-state index in [4.69, 9.17) is 4.42 Å². The number of rotatable bonds is 4. The highest BCUT2D eigenvalue weighted by Crippen LogP contribution is 2.18. The average molecular weight is 236 g/mol. The molecule has 0 fully saturated rings. The molecule has 0 amide bonds. The summed E-state index contributed by atoms with van der Waals surface area (Å²) in [6.45, 7) is 6.94. The van der Waals surface area contributed by atoms with Crippen LogP contribution in [0.1, 0.15) is 35.0 Å². The SMILES string of the molecule is Cc1csc(C(C)NCc2occc2C)n1. The fraction of sp³-hybridized carbons (Fsp3) is 0.417. The molecule has 16 heavy (non-hydrogen) atoms. The molecular weight excluding hydrogens is 220 g/mol. The zero-order valence-electron chi connectivity index (χ0n) is 9.78. The summed E-state index contributed by atoms with van der Waals surface area (Å²) in [5.74, 6) is 1.00. The third kappa shape index (κ3) is 2.51. The van der Waals surface area contributed by atoms with Gasteiger partial charge in [-0.05, 0) is 32.4 Å². The summed E-state index contributed by atoms with van der Waals surface area (Å²) in [5, 5.41) is 6.61. The van der Waals surface area contributed by atoms with E-state index in [1.165, 1.54) is 5.56 Å². The number of hydrogen-bond acceptors (Lipinski definition) is 4. The zero-order chi connectivity index (χ0) is 11.5. The Bertz CT molecular complexity index is 461. The van der Waals surface area contributed by atoms with Gasteiger partial charge in [0.05, 0.1) is 18.8 Å². The van der Waals surface area contributed by atoms with Crippen LogP contribution >= 0.6 is 11.3 Å². The molecule has 1 N–H and O–H groups in total. The van der Waals surface area contributed by atoms with E-state index in [-0.39, 0.29) is 6.04 Å². The van der Waals surface area contributed by atoms with Crippen LogP contribution in [0.3, 0.4) is 0 Å². The average Bonchev–Trinajstić information content (AvgIpc) is 2.84. The molecule has 0 aliphatic carbocycles. The minimum atomic E-state index is 0.267. The smallest absolute Gasteiger partial charge is 0.120 e. The van der Waals surface area contributed by atoms with Crippen LogP contribution in [0, 0.1) is 13.8 Å². The molecule has 0 radical (unpaired) electrons. The maximum Gasteiger partial charge on any atom is 0.120 e. The predicted octanol–water partition coefficient (Wildman–Crippen LogP) is 3.20. The van der Waals surface area contributed by atoms with Crippen LogP contribution in [0.2, 0.25) is 0 Å². The third-order valence-corrected chi connectivity index (χ3v) is 3.69. The van der Waals surface area contributed by atoms with Gasteiger partial charge in [-0.25, -0.2) is 4.98 Å². The fourth-order valence-electron chi connectivity index (χ4n) is 1.49. The summed E-state index contributed by atoms with van der Waals surface area (Å²) >= 11 is 1.69. The first-order chi connectivity index (χ1) is 7.66. The number of furan rings is 1. The first kappa shape index (κ1) is 11.4. The van der Waals surface area contributed by atoms with E-state index in [9.17, 15) is 0 Å². The minimum absolute atomic E-state index is 0.267. The summed E-state index contributed by atoms with van der Waals surface area (Å²) in [7, 11) is 0. The molecule has 2 aromatic heterocycles. The van der Waals surface area contributed by atoms with Gasteiger partial charge in [0.2, 0.25) is 0 Å². The van der Waals surface area contributed by atoms with Crippen LogP contribution in [-0.4, -0.2) is 4.98 Å². The molecule has 1 atom stereocenters. The summed E-state index contributed by atoms with van der Waals surface area (Å²) in [5.41, 5.74) is 2.28. The van der Waals surface area contributed by atoms with E-state index >= 15 is 0 Å². The topological polar surface area (TPSA) is 38.1 Å². The molecule has 0 spiro atoms. The van der Waals surface area contributed by atoms with Gasteiger partial charge in [-0.15, -0.1) is 11.3 Å². The van der Waals surface area contributed by atoms with Crippen LogP contribution in [0.4, 0.5) is 0 Å². The number of aromatic nitrogens is 1. The van der Waals surface area contributed by atoms with Gasteiger partial charge in [0.15, 0.2) is 0 Å². The molecule has 2 aromatic rings. The number of hydrogen-bond donors (Lipinski definition) is 1. The molecule has 3 nitrogen and oxygen atoms in total. The maximum absolute atomic E-state index is 5.38. The summed E-state index contributed by atoms with van der Waals surface area (Å²) in [4.78, 5) is 4.46. The highest BCUT2D eigenvalue weighted by atomic mass is 32.1. The van der Waals surface area contributed by atoms with Gasteiger partial charge < -0.3 is 9.73 Å². The lowest BCUT2D eigenvalue weighted by atomic mass is 10.2. The Kier molecular flexibility index (Phi) is 3.41. The number of nitrogens with one attached hydrogen (secondary N) is 1. The van der Waals surface area contributed by atoms with Crippen molar-refractivity contribution in [3.63, 3.8) is 0 Å². The standard InChI is InChI=1S/C12H16N2OS/c1-8-4-5-15-11(8)6-13-10(3)12-14-9(2)7-16-12/h4-5,7,10,13H,6H2,1-3H3. The molecule has 0 bridgehead atoms. The Morgan fingerprint density at radius 3 is 2.88 bits per heavy atom. The van der Waals surface area contributed by atoms with E-state index in [1.807, 2.05) is 13.0 Å². The van der Waals surface area contributed by atoms with E-state index in [0.29, 0.717) is 0 Å². The van der Waals surface area contributed by atoms with E-state index in [0.717, 1.165) is 23.0 Å². The van der Waals surface area contributed by atoms with Gasteiger partial charge in [-0.3, -0.25) is 0 Å². The number of aryl methyl sites for hydroxylation is 2. The fourth-order valence-corrected chi connectivity index (χ4v) is 2.32. The molecule has 0 aliphatic rings. The molecule has 1 unspecified atom stereocenters. The molecule has 2 rings (SSSR count). The van der Waals surface area contributed by atoms with Crippen LogP contribution in [0.5, 0.6) is 0 Å². The zero-order valence-corrected chi connectivity index (χ0v) is 10.6. The molecule has 0 saturated carbocycles. The Hall–Kier alpha value is -1.13. The van der Waals surface area contributed by atoms with Crippen molar-refractivity contribution in [3.05, 3.63) is 39.7 Å². The molecule has 86 valence electrons. The van der Waals surface area contributed by atoms with Crippen molar-refractivity contribution < 1.29 is 4.42 Å². The largest absolute Gasteiger partial charge is 0.468 e. The first-order valence-electron chi connectivity index (χ1n) is 5.35. The lowest BCUT2D eigenvalue weighted by Gasteiger charge is -2.09. The highest BCUT2D eigenvalue weighted by Gasteiger charge is 2.10. The van der Waals surface area contributed by atoms with Crippen molar-refractivity contribution in [1.29, 1.82) is 0 Å². The van der Waals surface area contributed by atoms with Crippen molar-refractivity contribution in [2.45, 2.75) is 33.4 Å². The second kappa shape index (κ2) is 4.80. The highest BCUT2D eigenvalue weighted by molar-refractivity contribution is 7.09. The van der Waals surface area contributed by atoms with E-state index < -0.39 is 0 Å². The molecule has 2 heterocycles. The Labute approximate surface area is 99.5 Å². The van der Waals surface area contributed by atoms with Gasteiger partial charge in [0.1, 0.15) is 10.8 Å². The van der Waals surface area contributed by atoms with Gasteiger partial charge >= 0.3 is 0 Å². The molecule has 0 saturated heterocycles. The molecule has 0 aliphatic heterocycles. The molecule has 4 heteroatoms. The van der Waals surface area contributed by atoms with Crippen LogP contribution in [-0.2, 0) is 6.54 Å². The first-order valence-corrected chi connectivity index (χ1v) is 6.23. The lowest BCUT2D eigenvalue weighted by Crippen LogP contribution is -2.18. The Morgan fingerprint density at radius 2 is 2.31 bits per heavy atom. The van der Waals surface area contributed by atoms with E-state index in [2.05, 4.69) is 29.5 Å². The monoisotopic (exact) mass is 236 g/mol. The van der Waals surface area contributed by atoms with Crippen LogP contribution < -0.4 is 5.32 Å². The second-order valence-electron chi connectivity index (χ2n) is 3.96. The van der Waals surface area contributed by atoms with E-state index in [1.54, 1.807) is 17.6 Å². The van der Waals surface area contributed by atoms with Crippen LogP contribution in [0.15, 0.2) is 22.1 Å². The third-order valence-electron chi connectivity index (χ3n) is 2.54. The van der Waals surface area contributed by atoms with Crippen molar-refractivity contribution in [1.82, 2.24) is 10.3 Å². The Morgan fingerprint density at radius 1 is 1.50 bits per heavy atom. The maximum atomic E-state index is 5.38. The normalized spacial score (nSPS) is 12.9.